The maximum Gasteiger partial charge on any atom is 0.298 e. The number of aromatic nitrogens is 3. The molecular formula is C19H19BrN4O. The van der Waals surface area contributed by atoms with Gasteiger partial charge in [-0.25, -0.2) is 4.98 Å². The van der Waals surface area contributed by atoms with Crippen LogP contribution in [0.4, 0.5) is 0 Å². The van der Waals surface area contributed by atoms with E-state index < -0.39 is 0 Å². The van der Waals surface area contributed by atoms with Crippen molar-refractivity contribution in [3.8, 4) is 0 Å². The Kier molecular flexibility index (Phi) is 4.07. The topological polar surface area (TPSA) is 63.0 Å². The van der Waals surface area contributed by atoms with Crippen LogP contribution in [0.3, 0.4) is 0 Å². The van der Waals surface area contributed by atoms with E-state index in [1.165, 1.54) is 10.2 Å². The van der Waals surface area contributed by atoms with E-state index in [1.807, 2.05) is 31.3 Å². The van der Waals surface area contributed by atoms with Gasteiger partial charge in [0.25, 0.3) is 5.56 Å². The first-order chi connectivity index (χ1) is 12.0. The Morgan fingerprint density at radius 3 is 3.00 bits per heavy atom. The van der Waals surface area contributed by atoms with Crippen molar-refractivity contribution < 1.29 is 0 Å². The van der Waals surface area contributed by atoms with E-state index in [9.17, 15) is 4.79 Å². The molecule has 1 N–H and O–H groups in total. The number of rotatable bonds is 2. The highest BCUT2D eigenvalue weighted by Gasteiger charge is 2.14. The van der Waals surface area contributed by atoms with Crippen LogP contribution in [0.15, 0.2) is 44.2 Å². The average Bonchev–Trinajstić information content (AvgIpc) is 2.94. The van der Waals surface area contributed by atoms with Crippen LogP contribution < -0.4 is 5.56 Å². The van der Waals surface area contributed by atoms with Crippen LogP contribution in [0.1, 0.15) is 32.0 Å². The molecule has 6 heteroatoms. The summed E-state index contributed by atoms with van der Waals surface area (Å²) >= 11 is 3.47. The summed E-state index contributed by atoms with van der Waals surface area (Å²) in [4.78, 5) is 20.7. The highest BCUT2D eigenvalue weighted by atomic mass is 79.9. The van der Waals surface area contributed by atoms with Crippen LogP contribution in [0.25, 0.3) is 21.9 Å². The summed E-state index contributed by atoms with van der Waals surface area (Å²) in [5.74, 6) is 0.974. The van der Waals surface area contributed by atoms with Gasteiger partial charge in [-0.05, 0) is 57.2 Å². The van der Waals surface area contributed by atoms with Crippen LogP contribution in [-0.2, 0) is 0 Å². The summed E-state index contributed by atoms with van der Waals surface area (Å²) in [6, 6.07) is 5.87. The molecule has 0 saturated carbocycles. The van der Waals surface area contributed by atoms with Gasteiger partial charge in [-0.15, -0.1) is 0 Å². The molecule has 128 valence electrons. The van der Waals surface area contributed by atoms with Crippen molar-refractivity contribution in [2.75, 3.05) is 0 Å². The molecule has 4 rings (SSSR count). The van der Waals surface area contributed by atoms with Crippen molar-refractivity contribution in [1.82, 2.24) is 14.6 Å². The Morgan fingerprint density at radius 2 is 2.24 bits per heavy atom. The van der Waals surface area contributed by atoms with Gasteiger partial charge >= 0.3 is 0 Å². The molecule has 0 radical (unpaired) electrons. The molecule has 0 bridgehead atoms. The van der Waals surface area contributed by atoms with E-state index in [1.54, 1.807) is 0 Å². The Hall–Kier alpha value is -2.21. The van der Waals surface area contributed by atoms with Gasteiger partial charge in [0.1, 0.15) is 16.9 Å². The Balaban J connectivity index is 1.80. The van der Waals surface area contributed by atoms with Crippen LogP contribution in [0.2, 0.25) is 0 Å². The van der Waals surface area contributed by atoms with E-state index in [0.717, 1.165) is 34.6 Å². The lowest BCUT2D eigenvalue weighted by Crippen LogP contribution is -2.21. The molecule has 3 aromatic rings. The van der Waals surface area contributed by atoms with Gasteiger partial charge < -0.3 is 4.98 Å². The molecular weight excluding hydrogens is 380 g/mol. The number of aryl methyl sites for hydroxylation is 1. The monoisotopic (exact) mass is 398 g/mol. The fourth-order valence-corrected chi connectivity index (χ4v) is 3.66. The van der Waals surface area contributed by atoms with E-state index in [-0.39, 0.29) is 5.56 Å². The largest absolute Gasteiger partial charge is 0.349 e. The Labute approximate surface area is 153 Å². The third-order valence-electron chi connectivity index (χ3n) is 4.79. The minimum Gasteiger partial charge on any atom is -0.349 e. The molecule has 0 aliphatic heterocycles. The molecule has 0 spiro atoms. The maximum absolute atomic E-state index is 12.9. The summed E-state index contributed by atoms with van der Waals surface area (Å²) in [7, 11) is 0. The molecule has 0 saturated heterocycles. The second-order valence-electron chi connectivity index (χ2n) is 6.66. The number of aromatic amines is 1. The number of halogens is 1. The minimum absolute atomic E-state index is 0.159. The number of nitrogens with zero attached hydrogens (tertiary/aromatic N) is 3. The number of allylic oxidation sites excluding steroid dienone is 2. The quantitative estimate of drug-likeness (QED) is 0.508. The van der Waals surface area contributed by atoms with Crippen LogP contribution in [-0.4, -0.2) is 20.9 Å². The Bertz CT molecular complexity index is 1090. The molecule has 0 fully saturated rings. The summed E-state index contributed by atoms with van der Waals surface area (Å²) in [6.45, 7) is 3.98. The van der Waals surface area contributed by atoms with E-state index in [0.29, 0.717) is 22.8 Å². The number of hydrogen-bond donors (Lipinski definition) is 1. The van der Waals surface area contributed by atoms with Gasteiger partial charge in [-0.2, -0.15) is 9.78 Å². The van der Waals surface area contributed by atoms with Gasteiger partial charge in [0.15, 0.2) is 0 Å². The summed E-state index contributed by atoms with van der Waals surface area (Å²) in [6.07, 6.45) is 7.31. The zero-order chi connectivity index (χ0) is 17.6. The van der Waals surface area contributed by atoms with Crippen molar-refractivity contribution in [1.29, 1.82) is 0 Å². The van der Waals surface area contributed by atoms with Crippen LogP contribution in [0.5, 0.6) is 0 Å². The lowest BCUT2D eigenvalue weighted by molar-refractivity contribution is 0.601. The SMILES string of the molecule is CC1=CC[C@H](/C=N\n2c(C)nc3c([nH]c4ccc(Br)cc43)c2=O)CC1. The van der Waals surface area contributed by atoms with Crippen molar-refractivity contribution >= 4 is 44.1 Å². The van der Waals surface area contributed by atoms with E-state index >= 15 is 0 Å². The van der Waals surface area contributed by atoms with Gasteiger partial charge in [-0.3, -0.25) is 4.79 Å². The second-order valence-corrected chi connectivity index (χ2v) is 7.58. The molecule has 1 aliphatic rings. The van der Waals surface area contributed by atoms with Gasteiger partial charge in [-0.1, -0.05) is 27.6 Å². The van der Waals surface area contributed by atoms with E-state index in [4.69, 9.17) is 0 Å². The van der Waals surface area contributed by atoms with Crippen LogP contribution in [0, 0.1) is 12.8 Å². The first kappa shape index (κ1) is 16.3. The number of hydrogen-bond acceptors (Lipinski definition) is 3. The highest BCUT2D eigenvalue weighted by Crippen LogP contribution is 2.25. The smallest absolute Gasteiger partial charge is 0.298 e. The molecule has 1 aliphatic carbocycles. The summed E-state index contributed by atoms with van der Waals surface area (Å²) in [5, 5.41) is 5.39. The maximum atomic E-state index is 12.9. The predicted octanol–water partition coefficient (Wildman–Crippen LogP) is 4.53. The van der Waals surface area contributed by atoms with E-state index in [2.05, 4.69) is 44.0 Å². The van der Waals surface area contributed by atoms with Crippen molar-refractivity contribution in [2.45, 2.75) is 33.1 Å². The third kappa shape index (κ3) is 2.95. The third-order valence-corrected chi connectivity index (χ3v) is 5.28. The van der Waals surface area contributed by atoms with Gasteiger partial charge in [0.2, 0.25) is 0 Å². The normalized spacial score (nSPS) is 18.4. The molecule has 0 amide bonds. The van der Waals surface area contributed by atoms with Crippen molar-refractivity contribution in [3.63, 3.8) is 0 Å². The number of H-pyrrole nitrogens is 1. The first-order valence-electron chi connectivity index (χ1n) is 8.43. The molecule has 1 atom stereocenters. The predicted molar refractivity (Wildman–Crippen MR) is 105 cm³/mol. The minimum atomic E-state index is -0.159. The zero-order valence-electron chi connectivity index (χ0n) is 14.2. The first-order valence-corrected chi connectivity index (χ1v) is 9.23. The zero-order valence-corrected chi connectivity index (χ0v) is 15.8. The summed E-state index contributed by atoms with van der Waals surface area (Å²) < 4.78 is 2.36. The highest BCUT2D eigenvalue weighted by molar-refractivity contribution is 9.10. The fourth-order valence-electron chi connectivity index (χ4n) is 3.30. The number of benzene rings is 1. The Morgan fingerprint density at radius 1 is 1.40 bits per heavy atom. The molecule has 0 unspecified atom stereocenters. The standard InChI is InChI=1S/C19H19BrN4O/c1-11-3-5-13(6-4-11)10-21-24-12(2)22-17-15-9-14(20)7-8-16(15)23-18(17)19(24)25/h3,7-10,13,23H,4-6H2,1-2H3/b21-10-/t13-/m0/s1. The van der Waals surface area contributed by atoms with Gasteiger partial charge in [0.05, 0.1) is 0 Å². The van der Waals surface area contributed by atoms with Crippen molar-refractivity contribution in [3.05, 3.63) is 50.5 Å². The lowest BCUT2D eigenvalue weighted by Gasteiger charge is -2.16. The molecule has 5 nitrogen and oxygen atoms in total. The summed E-state index contributed by atoms with van der Waals surface area (Å²) in [5.41, 5.74) is 3.37. The van der Waals surface area contributed by atoms with Crippen molar-refractivity contribution in [2.24, 2.45) is 11.0 Å². The number of nitrogens with one attached hydrogen (secondary N) is 1. The molecule has 2 aromatic heterocycles. The molecule has 2 heterocycles. The molecule has 1 aromatic carbocycles. The molecule has 25 heavy (non-hydrogen) atoms. The number of fused-ring (bicyclic) bond motifs is 3. The van der Waals surface area contributed by atoms with Crippen LogP contribution >= 0.6 is 15.9 Å². The second kappa shape index (κ2) is 6.26. The van der Waals surface area contributed by atoms with Gasteiger partial charge in [0, 0.05) is 21.6 Å². The average molecular weight is 399 g/mol. The lowest BCUT2D eigenvalue weighted by atomic mass is 9.91. The fraction of sp³-hybridized carbons (Fsp3) is 0.316.